The number of rotatable bonds is 6. The largest absolute Gasteiger partial charge is 0.350 e. The first kappa shape index (κ1) is 21.1. The number of urea groups is 1. The Hall–Kier alpha value is -3.16. The Morgan fingerprint density at radius 2 is 1.90 bits per heavy atom. The maximum atomic E-state index is 13.0. The van der Waals surface area contributed by atoms with E-state index in [1.54, 1.807) is 18.1 Å². The Balaban J connectivity index is 1.35. The molecule has 1 aliphatic heterocycles. The first-order chi connectivity index (χ1) is 14.9. The molecule has 4 amide bonds. The fraction of sp³-hybridized carbons (Fsp3) is 0.478. The highest BCUT2D eigenvalue weighted by Crippen LogP contribution is 2.39. The zero-order valence-electron chi connectivity index (χ0n) is 18.1. The van der Waals surface area contributed by atoms with E-state index < -0.39 is 5.54 Å². The minimum Gasteiger partial charge on any atom is -0.350 e. The van der Waals surface area contributed by atoms with Crippen molar-refractivity contribution < 1.29 is 14.4 Å². The van der Waals surface area contributed by atoms with Crippen LogP contribution in [0, 0.1) is 6.92 Å². The molecule has 2 heterocycles. The van der Waals surface area contributed by atoms with E-state index in [2.05, 4.69) is 14.9 Å². The lowest BCUT2D eigenvalue weighted by Crippen LogP contribution is -2.49. The second-order valence-electron chi connectivity index (χ2n) is 8.52. The van der Waals surface area contributed by atoms with Crippen LogP contribution in [-0.2, 0) is 22.7 Å². The van der Waals surface area contributed by atoms with E-state index in [9.17, 15) is 14.4 Å². The summed E-state index contributed by atoms with van der Waals surface area (Å²) in [6.07, 6.45) is 8.00. The summed E-state index contributed by atoms with van der Waals surface area (Å²) in [5, 5.41) is 2.85. The molecule has 0 radical (unpaired) electrons. The Morgan fingerprint density at radius 3 is 2.61 bits per heavy atom. The molecule has 31 heavy (non-hydrogen) atoms. The van der Waals surface area contributed by atoms with Crippen LogP contribution in [-0.4, -0.2) is 56.3 Å². The van der Waals surface area contributed by atoms with Gasteiger partial charge in [-0.25, -0.2) is 9.78 Å². The first-order valence-corrected chi connectivity index (χ1v) is 10.8. The lowest BCUT2D eigenvalue weighted by atomic mass is 9.81. The molecule has 0 unspecified atom stereocenters. The number of carbonyl (C=O) groups is 3. The third-order valence-corrected chi connectivity index (χ3v) is 6.54. The smallest absolute Gasteiger partial charge is 0.327 e. The summed E-state index contributed by atoms with van der Waals surface area (Å²) in [7, 11) is 1.68. The van der Waals surface area contributed by atoms with Crippen LogP contribution >= 0.6 is 0 Å². The number of likely N-dealkylation sites (N-methyl/N-ethyl adjacent to an activating group) is 1. The predicted octanol–water partition coefficient (Wildman–Crippen LogP) is 2.45. The number of hydrogen-bond donors (Lipinski definition) is 1. The average Bonchev–Trinajstić information content (AvgIpc) is 3.25. The number of nitrogens with one attached hydrogen (secondary N) is 1. The lowest BCUT2D eigenvalue weighted by Gasteiger charge is -2.35. The van der Waals surface area contributed by atoms with Crippen LogP contribution in [0.5, 0.6) is 0 Å². The van der Waals surface area contributed by atoms with Crippen LogP contribution in [0.15, 0.2) is 36.7 Å². The number of nitrogens with zero attached hydrogens (tertiary/aromatic N) is 4. The fourth-order valence-corrected chi connectivity index (χ4v) is 4.68. The zero-order chi connectivity index (χ0) is 22.0. The van der Waals surface area contributed by atoms with Gasteiger partial charge in [-0.15, -0.1) is 0 Å². The molecule has 2 fully saturated rings. The molecular weight excluding hydrogens is 394 g/mol. The number of aryl methyl sites for hydroxylation is 1. The van der Waals surface area contributed by atoms with Gasteiger partial charge in [0.1, 0.15) is 17.9 Å². The van der Waals surface area contributed by atoms with E-state index in [1.807, 2.05) is 37.4 Å². The van der Waals surface area contributed by atoms with Crippen LogP contribution in [0.1, 0.15) is 49.1 Å². The van der Waals surface area contributed by atoms with Gasteiger partial charge in [0, 0.05) is 32.5 Å². The van der Waals surface area contributed by atoms with Crippen LogP contribution in [0.25, 0.3) is 0 Å². The highest BCUT2D eigenvalue weighted by molar-refractivity contribution is 6.08. The molecule has 8 heteroatoms. The van der Waals surface area contributed by atoms with Crippen molar-refractivity contribution >= 4 is 17.8 Å². The summed E-state index contributed by atoms with van der Waals surface area (Å²) in [5.41, 5.74) is 1.32. The fourth-order valence-electron chi connectivity index (χ4n) is 4.68. The van der Waals surface area contributed by atoms with Gasteiger partial charge in [-0.05, 0) is 30.9 Å². The molecule has 4 rings (SSSR count). The number of carbonyl (C=O) groups excluding carboxylic acids is 3. The summed E-state index contributed by atoms with van der Waals surface area (Å²) in [6.45, 7) is 2.77. The number of hydrogen-bond acceptors (Lipinski definition) is 4. The van der Waals surface area contributed by atoms with Crippen molar-refractivity contribution in [3.63, 3.8) is 0 Å². The molecule has 1 aromatic heterocycles. The predicted molar refractivity (Wildman–Crippen MR) is 115 cm³/mol. The first-order valence-electron chi connectivity index (χ1n) is 10.8. The maximum Gasteiger partial charge on any atom is 0.327 e. The third kappa shape index (κ3) is 4.06. The Kier molecular flexibility index (Phi) is 5.80. The Labute approximate surface area is 182 Å². The van der Waals surface area contributed by atoms with E-state index in [0.29, 0.717) is 25.9 Å². The SMILES string of the molecule is Cc1nccn1Cc1cccc(CNC(=O)CN2C(=O)N(C)C3(CCCCC3)C2=O)c1. The van der Waals surface area contributed by atoms with Gasteiger partial charge in [-0.3, -0.25) is 14.5 Å². The second-order valence-corrected chi connectivity index (χ2v) is 8.52. The molecule has 0 bridgehead atoms. The molecule has 2 aliphatic rings. The zero-order valence-corrected chi connectivity index (χ0v) is 18.1. The molecule has 164 valence electrons. The van der Waals surface area contributed by atoms with Gasteiger partial charge in [0.05, 0.1) is 0 Å². The molecule has 1 aromatic carbocycles. The Bertz CT molecular complexity index is 993. The van der Waals surface area contributed by atoms with Gasteiger partial charge >= 0.3 is 6.03 Å². The number of imide groups is 1. The van der Waals surface area contributed by atoms with Crippen LogP contribution < -0.4 is 5.32 Å². The minimum atomic E-state index is -0.755. The maximum absolute atomic E-state index is 13.0. The van der Waals surface area contributed by atoms with Gasteiger partial charge in [0.15, 0.2) is 0 Å². The molecule has 1 aliphatic carbocycles. The van der Waals surface area contributed by atoms with Crippen molar-refractivity contribution in [2.45, 2.75) is 57.7 Å². The van der Waals surface area contributed by atoms with E-state index in [4.69, 9.17) is 0 Å². The molecule has 2 aromatic rings. The quantitative estimate of drug-likeness (QED) is 0.723. The number of aromatic nitrogens is 2. The van der Waals surface area contributed by atoms with Gasteiger partial charge < -0.3 is 14.8 Å². The average molecular weight is 424 g/mol. The van der Waals surface area contributed by atoms with E-state index in [1.165, 1.54) is 0 Å². The molecule has 0 atom stereocenters. The van der Waals surface area contributed by atoms with E-state index >= 15 is 0 Å². The molecular formula is C23H29N5O3. The third-order valence-electron chi connectivity index (χ3n) is 6.54. The normalized spacial score (nSPS) is 18.1. The number of benzene rings is 1. The van der Waals surface area contributed by atoms with Crippen molar-refractivity contribution in [2.24, 2.45) is 0 Å². The standard InChI is InChI=1S/C23H29N5O3/c1-17-24-11-12-27(17)15-19-8-6-7-18(13-19)14-25-20(29)16-28-21(30)23(26(2)22(28)31)9-4-3-5-10-23/h6-8,11-13H,3-5,9-10,14-16H2,1-2H3,(H,25,29). The number of imidazole rings is 1. The van der Waals surface area contributed by atoms with Gasteiger partial charge in [-0.1, -0.05) is 43.5 Å². The summed E-state index contributed by atoms with van der Waals surface area (Å²) < 4.78 is 2.06. The van der Waals surface area contributed by atoms with Crippen molar-refractivity contribution in [2.75, 3.05) is 13.6 Å². The summed E-state index contributed by atoms with van der Waals surface area (Å²) >= 11 is 0. The topological polar surface area (TPSA) is 87.5 Å². The van der Waals surface area contributed by atoms with Crippen LogP contribution in [0.2, 0.25) is 0 Å². The summed E-state index contributed by atoms with van der Waals surface area (Å²) in [4.78, 5) is 45.1. The van der Waals surface area contributed by atoms with Gasteiger partial charge in [-0.2, -0.15) is 0 Å². The van der Waals surface area contributed by atoms with Crippen molar-refractivity contribution in [3.05, 3.63) is 53.6 Å². The molecule has 1 N–H and O–H groups in total. The number of amides is 4. The van der Waals surface area contributed by atoms with Crippen molar-refractivity contribution in [1.29, 1.82) is 0 Å². The van der Waals surface area contributed by atoms with Gasteiger partial charge in [0.2, 0.25) is 5.91 Å². The molecule has 1 saturated heterocycles. The van der Waals surface area contributed by atoms with Crippen molar-refractivity contribution in [1.82, 2.24) is 24.7 Å². The van der Waals surface area contributed by atoms with E-state index in [-0.39, 0.29) is 24.4 Å². The second kappa shape index (κ2) is 8.53. The van der Waals surface area contributed by atoms with Crippen LogP contribution in [0.4, 0.5) is 4.79 Å². The molecule has 8 nitrogen and oxygen atoms in total. The van der Waals surface area contributed by atoms with Crippen molar-refractivity contribution in [3.8, 4) is 0 Å². The van der Waals surface area contributed by atoms with E-state index in [0.717, 1.165) is 41.1 Å². The minimum absolute atomic E-state index is 0.229. The molecule has 1 spiro atoms. The Morgan fingerprint density at radius 1 is 1.16 bits per heavy atom. The summed E-state index contributed by atoms with van der Waals surface area (Å²) in [6, 6.07) is 7.60. The summed E-state index contributed by atoms with van der Waals surface area (Å²) in [5.74, 6) is 0.380. The molecule has 1 saturated carbocycles. The highest BCUT2D eigenvalue weighted by atomic mass is 16.2. The van der Waals surface area contributed by atoms with Gasteiger partial charge in [0.25, 0.3) is 5.91 Å². The highest BCUT2D eigenvalue weighted by Gasteiger charge is 2.55. The monoisotopic (exact) mass is 423 g/mol. The lowest BCUT2D eigenvalue weighted by molar-refractivity contribution is -0.137. The van der Waals surface area contributed by atoms with Crippen LogP contribution in [0.3, 0.4) is 0 Å².